The highest BCUT2D eigenvalue weighted by Gasteiger charge is 2.47. The van der Waals surface area contributed by atoms with Crippen LogP contribution in [0, 0.1) is 24.2 Å². The van der Waals surface area contributed by atoms with Gasteiger partial charge >= 0.3 is 12.1 Å². The van der Waals surface area contributed by atoms with Gasteiger partial charge in [-0.05, 0) is 94.4 Å². The van der Waals surface area contributed by atoms with E-state index in [1.54, 1.807) is 43.3 Å². The van der Waals surface area contributed by atoms with Gasteiger partial charge in [-0.15, -0.1) is 0 Å². The van der Waals surface area contributed by atoms with Gasteiger partial charge in [0.15, 0.2) is 5.78 Å². The molecule has 6 aromatic rings. The molecule has 52 heavy (non-hydrogen) atoms. The average Bonchev–Trinajstić information content (AvgIpc) is 3.14. The molecule has 7 rings (SSSR count). The van der Waals surface area contributed by atoms with E-state index in [9.17, 15) is 32.8 Å². The zero-order chi connectivity index (χ0) is 36.9. The normalized spacial score (nSPS) is 17.1. The first-order chi connectivity index (χ1) is 24.9. The van der Waals surface area contributed by atoms with Crippen LogP contribution in [-0.2, 0) is 20.5 Å². The summed E-state index contributed by atoms with van der Waals surface area (Å²) in [5.74, 6) is -5.24. The predicted octanol–water partition coefficient (Wildman–Crippen LogP) is 8.88. The van der Waals surface area contributed by atoms with Crippen LogP contribution >= 0.6 is 0 Å². The number of hydrogen-bond donors (Lipinski definition) is 0. The third-order valence-electron chi connectivity index (χ3n) is 9.83. The van der Waals surface area contributed by atoms with Crippen molar-refractivity contribution in [3.05, 3.63) is 142 Å². The highest BCUT2D eigenvalue weighted by molar-refractivity contribution is 6.19. The minimum absolute atomic E-state index is 0.107. The molecule has 1 aliphatic rings. The van der Waals surface area contributed by atoms with Crippen LogP contribution in [0.4, 0.5) is 13.2 Å². The van der Waals surface area contributed by atoms with Crippen LogP contribution in [0.3, 0.4) is 0 Å². The van der Waals surface area contributed by atoms with E-state index in [1.807, 2.05) is 37.3 Å². The highest BCUT2D eigenvalue weighted by Crippen LogP contribution is 2.53. The Morgan fingerprint density at radius 3 is 2.31 bits per heavy atom. The third kappa shape index (κ3) is 5.68. The average molecular weight is 698 g/mol. The number of benzene rings is 5. The smallest absolute Gasteiger partial charge is 0.416 e. The second-order valence-corrected chi connectivity index (χ2v) is 12.8. The van der Waals surface area contributed by atoms with Gasteiger partial charge in [-0.2, -0.15) is 18.4 Å². The zero-order valence-corrected chi connectivity index (χ0v) is 28.3. The van der Waals surface area contributed by atoms with E-state index in [2.05, 4.69) is 16.0 Å². The lowest BCUT2D eigenvalue weighted by atomic mass is 9.62. The van der Waals surface area contributed by atoms with Crippen molar-refractivity contribution in [1.82, 2.24) is 9.97 Å². The van der Waals surface area contributed by atoms with E-state index in [0.717, 1.165) is 33.9 Å². The van der Waals surface area contributed by atoms with Gasteiger partial charge in [0.1, 0.15) is 5.78 Å². The first kappa shape index (κ1) is 34.2. The molecular weight excluding hydrogens is 667 g/mol. The van der Waals surface area contributed by atoms with Gasteiger partial charge in [0.25, 0.3) is 0 Å². The Morgan fingerprint density at radius 1 is 0.904 bits per heavy atom. The molecule has 1 aromatic heterocycles. The number of ketones is 2. The lowest BCUT2D eigenvalue weighted by Gasteiger charge is -2.38. The first-order valence-corrected chi connectivity index (χ1v) is 16.6. The van der Waals surface area contributed by atoms with Crippen LogP contribution < -0.4 is 0 Å². The maximum absolute atomic E-state index is 14.7. The van der Waals surface area contributed by atoms with Crippen molar-refractivity contribution in [3.8, 4) is 17.3 Å². The summed E-state index contributed by atoms with van der Waals surface area (Å²) in [6.45, 7) is 5.02. The van der Waals surface area contributed by atoms with Crippen molar-refractivity contribution in [2.75, 3.05) is 6.61 Å². The summed E-state index contributed by atoms with van der Waals surface area (Å²) in [4.78, 5) is 50.1. The molecule has 1 aliphatic carbocycles. The maximum Gasteiger partial charge on any atom is 0.416 e. The van der Waals surface area contributed by atoms with Crippen molar-refractivity contribution in [2.24, 2.45) is 5.92 Å². The summed E-state index contributed by atoms with van der Waals surface area (Å²) < 4.78 is 47.4. The van der Waals surface area contributed by atoms with Crippen molar-refractivity contribution in [2.45, 2.75) is 38.8 Å². The topological polar surface area (TPSA) is 110 Å². The van der Waals surface area contributed by atoms with Crippen LogP contribution in [0.5, 0.6) is 0 Å². The number of aromatic nitrogens is 2. The Balaban J connectivity index is 1.67. The number of fused-ring (bicyclic) bond motifs is 5. The number of carbonyl (C=O) groups is 3. The molecule has 7 nitrogen and oxygen atoms in total. The fourth-order valence-corrected chi connectivity index (χ4v) is 7.66. The second kappa shape index (κ2) is 13.2. The molecule has 0 radical (unpaired) electrons. The van der Waals surface area contributed by atoms with E-state index < -0.39 is 47.0 Å². The van der Waals surface area contributed by atoms with Gasteiger partial charge in [0.2, 0.25) is 5.82 Å². The highest BCUT2D eigenvalue weighted by atomic mass is 19.4. The number of Topliss-reactive ketones (excluding diaryl/α,β-unsaturated/α-hetero) is 2. The molecule has 5 aromatic carbocycles. The Bertz CT molecular complexity index is 2490. The third-order valence-corrected chi connectivity index (χ3v) is 9.83. The molecule has 0 spiro atoms. The van der Waals surface area contributed by atoms with E-state index >= 15 is 0 Å². The molecular formula is C42H30F3N3O4. The lowest BCUT2D eigenvalue weighted by molar-refractivity contribution is -0.138. The first-order valence-electron chi connectivity index (χ1n) is 16.6. The largest absolute Gasteiger partial charge is 0.460 e. The summed E-state index contributed by atoms with van der Waals surface area (Å²) >= 11 is 0. The fraction of sp³-hybridized carbons (Fsp3) is 0.190. The predicted molar refractivity (Wildman–Crippen MR) is 189 cm³/mol. The van der Waals surface area contributed by atoms with E-state index in [4.69, 9.17) is 4.74 Å². The van der Waals surface area contributed by atoms with Gasteiger partial charge in [-0.25, -0.2) is 14.8 Å². The molecule has 0 bridgehead atoms. The van der Waals surface area contributed by atoms with Gasteiger partial charge < -0.3 is 4.74 Å². The Kier molecular flexibility index (Phi) is 8.67. The molecule has 0 saturated heterocycles. The van der Waals surface area contributed by atoms with Gasteiger partial charge in [0.05, 0.1) is 41.3 Å². The monoisotopic (exact) mass is 697 g/mol. The van der Waals surface area contributed by atoms with Crippen LogP contribution in [0.25, 0.3) is 32.8 Å². The zero-order valence-electron chi connectivity index (χ0n) is 28.3. The van der Waals surface area contributed by atoms with Crippen molar-refractivity contribution in [1.29, 1.82) is 5.26 Å². The molecule has 0 fully saturated rings. The Morgan fingerprint density at radius 2 is 1.63 bits per heavy atom. The van der Waals surface area contributed by atoms with E-state index in [-0.39, 0.29) is 18.0 Å². The summed E-state index contributed by atoms with van der Waals surface area (Å²) in [7, 11) is 0. The summed E-state index contributed by atoms with van der Waals surface area (Å²) in [5, 5.41) is 12.7. The van der Waals surface area contributed by atoms with Gasteiger partial charge in [-0.3, -0.25) is 9.59 Å². The molecule has 258 valence electrons. The molecule has 3 unspecified atom stereocenters. The Hall–Kier alpha value is -6.21. The number of nitriles is 1. The number of alkyl halides is 3. The summed E-state index contributed by atoms with van der Waals surface area (Å²) in [6.07, 6.45) is -3.21. The molecule has 0 aliphatic heterocycles. The number of carbonyl (C=O) groups excluding carboxylic acids is 3. The van der Waals surface area contributed by atoms with E-state index in [1.165, 1.54) is 25.3 Å². The van der Waals surface area contributed by atoms with Crippen LogP contribution in [0.1, 0.15) is 75.2 Å². The van der Waals surface area contributed by atoms with Gasteiger partial charge in [0, 0.05) is 17.7 Å². The number of aryl methyl sites for hydroxylation is 1. The number of hydrogen-bond acceptors (Lipinski definition) is 7. The quantitative estimate of drug-likeness (QED) is 0.0972. The minimum atomic E-state index is -4.67. The Labute approximate surface area is 296 Å². The van der Waals surface area contributed by atoms with Crippen molar-refractivity contribution >= 4 is 39.1 Å². The van der Waals surface area contributed by atoms with Gasteiger partial charge in [-0.1, -0.05) is 66.7 Å². The fourth-order valence-electron chi connectivity index (χ4n) is 7.66. The second-order valence-electron chi connectivity index (χ2n) is 12.8. The lowest BCUT2D eigenvalue weighted by Crippen LogP contribution is -2.39. The summed E-state index contributed by atoms with van der Waals surface area (Å²) in [6, 6.07) is 26.4. The van der Waals surface area contributed by atoms with Crippen LogP contribution in [0.2, 0.25) is 0 Å². The molecule has 0 N–H and O–H groups in total. The molecule has 10 heteroatoms. The maximum atomic E-state index is 14.7. The number of halogens is 3. The number of ether oxygens (including phenoxy) is 1. The van der Waals surface area contributed by atoms with Crippen molar-refractivity contribution in [3.63, 3.8) is 0 Å². The number of esters is 1. The SMILES string of the molecule is CCOC(=O)c1nccc(-c2c(C)c3ccccc3c3ccc4c(c23)C(c2ccc(C#N)cc2)C(C(C)=O)C(=O)C4c2cccc(C(F)(F)F)c2)n1. The molecule has 0 amide bonds. The van der Waals surface area contributed by atoms with Crippen molar-refractivity contribution < 1.29 is 32.3 Å². The molecule has 3 atom stereocenters. The standard InChI is InChI=1S/C42H30F3N3O4/c1-4-52-41(51)40-47-19-18-32(48-40)33-22(2)28-10-5-6-11-29(28)30-16-17-31-35(26-8-7-9-27(20-26)42(43,44)45)39(50)34(23(3)49)36(38(31)37(30)33)25-14-12-24(21-46)13-15-25/h5-20,34-36H,4H2,1-3H3. The number of nitrogens with zero attached hydrogens (tertiary/aromatic N) is 3. The van der Waals surface area contributed by atoms with Crippen LogP contribution in [0.15, 0.2) is 97.2 Å². The number of rotatable bonds is 6. The van der Waals surface area contributed by atoms with E-state index in [0.29, 0.717) is 38.9 Å². The van der Waals surface area contributed by atoms with Crippen LogP contribution in [-0.4, -0.2) is 34.1 Å². The molecule has 1 heterocycles. The minimum Gasteiger partial charge on any atom is -0.460 e. The summed E-state index contributed by atoms with van der Waals surface area (Å²) in [5.41, 5.74) is 2.94. The molecule has 0 saturated carbocycles.